The fraction of sp³-hybridized carbons (Fsp3) is 0. The van der Waals surface area contributed by atoms with E-state index in [0.717, 1.165) is 4.47 Å². The molecule has 4 heteroatoms. The Morgan fingerprint density at radius 3 is 2.75 bits per heavy atom. The van der Waals surface area contributed by atoms with E-state index in [-0.39, 0.29) is 11.5 Å². The molecule has 0 saturated carbocycles. The number of ketones is 1. The van der Waals surface area contributed by atoms with Crippen LogP contribution in [0.4, 0.5) is 10.1 Å². The molecule has 20 heavy (non-hydrogen) atoms. The van der Waals surface area contributed by atoms with Gasteiger partial charge in [0.25, 0.3) is 0 Å². The van der Waals surface area contributed by atoms with Crippen molar-refractivity contribution in [2.45, 2.75) is 0 Å². The van der Waals surface area contributed by atoms with Crippen LogP contribution in [-0.4, -0.2) is 5.78 Å². The molecule has 0 amide bonds. The molecule has 0 heterocycles. The number of hydrogen-bond acceptors (Lipinski definition) is 1. The zero-order valence-corrected chi connectivity index (χ0v) is 11.9. The van der Waals surface area contributed by atoms with Gasteiger partial charge in [0.1, 0.15) is 5.82 Å². The van der Waals surface area contributed by atoms with Crippen molar-refractivity contribution in [3.8, 4) is 0 Å². The molecule has 0 aliphatic heterocycles. The van der Waals surface area contributed by atoms with Crippen LogP contribution in [0, 0.1) is 12.4 Å². The van der Waals surface area contributed by atoms with E-state index in [2.05, 4.69) is 20.8 Å². The first-order valence-corrected chi connectivity index (χ1v) is 6.54. The number of nitrogens with zero attached hydrogens (tertiary/aromatic N) is 1. The van der Waals surface area contributed by atoms with Gasteiger partial charge in [-0.2, -0.15) is 0 Å². The number of benzene rings is 2. The van der Waals surface area contributed by atoms with Gasteiger partial charge >= 0.3 is 0 Å². The number of halogens is 2. The van der Waals surface area contributed by atoms with Gasteiger partial charge in [0.15, 0.2) is 5.78 Å². The minimum atomic E-state index is -0.560. The summed E-state index contributed by atoms with van der Waals surface area (Å²) in [6.45, 7) is 6.84. The van der Waals surface area contributed by atoms with Gasteiger partial charge in [-0.1, -0.05) is 40.2 Å². The van der Waals surface area contributed by atoms with Crippen LogP contribution in [0.2, 0.25) is 0 Å². The fourth-order valence-electron chi connectivity index (χ4n) is 1.63. The number of carbonyl (C=O) groups excluding carboxylic acids is 1. The summed E-state index contributed by atoms with van der Waals surface area (Å²) in [6, 6.07) is 11.2. The Hall–Kier alpha value is -2.25. The minimum absolute atomic E-state index is 0.0537. The van der Waals surface area contributed by atoms with E-state index in [4.69, 9.17) is 6.57 Å². The number of hydrogen-bond donors (Lipinski definition) is 0. The predicted molar refractivity (Wildman–Crippen MR) is 80.2 cm³/mol. The summed E-state index contributed by atoms with van der Waals surface area (Å²) in [5.74, 6) is -0.713. The Balaban J connectivity index is 2.21. The van der Waals surface area contributed by atoms with Gasteiger partial charge in [-0.05, 0) is 35.9 Å². The van der Waals surface area contributed by atoms with E-state index in [0.29, 0.717) is 11.1 Å². The van der Waals surface area contributed by atoms with Crippen molar-refractivity contribution in [2.75, 3.05) is 0 Å². The zero-order valence-electron chi connectivity index (χ0n) is 10.3. The van der Waals surface area contributed by atoms with Crippen molar-refractivity contribution in [2.24, 2.45) is 0 Å². The summed E-state index contributed by atoms with van der Waals surface area (Å²) < 4.78 is 14.0. The number of carbonyl (C=O) groups is 1. The molecule has 0 radical (unpaired) electrons. The monoisotopic (exact) mass is 329 g/mol. The predicted octanol–water partition coefficient (Wildman–Crippen LogP) is 5.04. The molecule has 0 saturated heterocycles. The summed E-state index contributed by atoms with van der Waals surface area (Å²) >= 11 is 3.30. The van der Waals surface area contributed by atoms with E-state index in [1.165, 1.54) is 24.3 Å². The molecule has 0 unspecified atom stereocenters. The normalized spacial score (nSPS) is 10.4. The fourth-order valence-corrected chi connectivity index (χ4v) is 2.03. The van der Waals surface area contributed by atoms with Crippen LogP contribution in [0.5, 0.6) is 0 Å². The minimum Gasteiger partial charge on any atom is -0.289 e. The molecule has 2 aromatic rings. The molecular formula is C16H9BrFNO. The molecule has 0 aliphatic carbocycles. The van der Waals surface area contributed by atoms with E-state index in [9.17, 15) is 9.18 Å². The Kier molecular flexibility index (Phi) is 4.44. The largest absolute Gasteiger partial charge is 0.289 e. The molecule has 0 bridgehead atoms. The smallest absolute Gasteiger partial charge is 0.222 e. The highest BCUT2D eigenvalue weighted by Gasteiger charge is 2.03. The maximum absolute atomic E-state index is 13.2. The van der Waals surface area contributed by atoms with Gasteiger partial charge in [0, 0.05) is 10.0 Å². The molecule has 0 aromatic heterocycles. The summed E-state index contributed by atoms with van der Waals surface area (Å²) in [4.78, 5) is 15.0. The van der Waals surface area contributed by atoms with Crippen LogP contribution in [0.15, 0.2) is 53.0 Å². The van der Waals surface area contributed by atoms with Gasteiger partial charge < -0.3 is 0 Å². The van der Waals surface area contributed by atoms with Gasteiger partial charge in [-0.25, -0.2) is 9.24 Å². The first kappa shape index (κ1) is 14.2. The molecule has 0 fully saturated rings. The zero-order chi connectivity index (χ0) is 14.5. The highest BCUT2D eigenvalue weighted by atomic mass is 79.9. The quantitative estimate of drug-likeness (QED) is 0.439. The average Bonchev–Trinajstić information content (AvgIpc) is 2.46. The summed E-state index contributed by atoms with van der Waals surface area (Å²) in [6.07, 6.45) is 2.97. The van der Waals surface area contributed by atoms with Crippen molar-refractivity contribution in [3.05, 3.63) is 81.4 Å². The Bertz CT molecular complexity index is 731. The first-order valence-electron chi connectivity index (χ1n) is 5.75. The molecule has 2 nitrogen and oxygen atoms in total. The molecule has 2 aromatic carbocycles. The third-order valence-corrected chi connectivity index (χ3v) is 3.12. The second-order valence-corrected chi connectivity index (χ2v) is 4.95. The molecule has 0 N–H and O–H groups in total. The lowest BCUT2D eigenvalue weighted by Gasteiger charge is -1.98. The third kappa shape index (κ3) is 3.40. The Labute approximate surface area is 124 Å². The molecule has 2 rings (SSSR count). The summed E-state index contributed by atoms with van der Waals surface area (Å²) in [5.41, 5.74) is 1.12. The topological polar surface area (TPSA) is 21.4 Å². The standard InChI is InChI=1S/C16H9BrFNO/c1-19-15-9-11(5-7-14(15)18)6-8-16(20)12-3-2-4-13(17)10-12/h2-10H/b8-6+. The highest BCUT2D eigenvalue weighted by molar-refractivity contribution is 9.10. The van der Waals surface area contributed by atoms with Crippen LogP contribution in [-0.2, 0) is 0 Å². The van der Waals surface area contributed by atoms with Crippen LogP contribution < -0.4 is 0 Å². The van der Waals surface area contributed by atoms with Crippen molar-refractivity contribution in [1.29, 1.82) is 0 Å². The SMILES string of the molecule is [C-]#[N+]c1cc(/C=C/C(=O)c2cccc(Br)c2)ccc1F. The Morgan fingerprint density at radius 2 is 2.05 bits per heavy atom. The highest BCUT2D eigenvalue weighted by Crippen LogP contribution is 2.20. The second-order valence-electron chi connectivity index (χ2n) is 4.03. The van der Waals surface area contributed by atoms with Crippen molar-refractivity contribution in [1.82, 2.24) is 0 Å². The van der Waals surface area contributed by atoms with Gasteiger partial charge in [-0.15, -0.1) is 0 Å². The van der Waals surface area contributed by atoms with Crippen LogP contribution in [0.25, 0.3) is 10.9 Å². The number of allylic oxidation sites excluding steroid dienone is 1. The van der Waals surface area contributed by atoms with Gasteiger partial charge in [-0.3, -0.25) is 4.79 Å². The molecule has 98 valence electrons. The summed E-state index contributed by atoms with van der Waals surface area (Å²) in [7, 11) is 0. The van der Waals surface area contributed by atoms with Crippen molar-refractivity contribution in [3.63, 3.8) is 0 Å². The maximum atomic E-state index is 13.2. The van der Waals surface area contributed by atoms with Crippen LogP contribution in [0.1, 0.15) is 15.9 Å². The molecule has 0 aliphatic rings. The van der Waals surface area contributed by atoms with Gasteiger partial charge in [0.2, 0.25) is 5.69 Å². The Morgan fingerprint density at radius 1 is 1.25 bits per heavy atom. The lowest BCUT2D eigenvalue weighted by Crippen LogP contribution is -1.93. The summed E-state index contributed by atoms with van der Waals surface area (Å²) in [5, 5.41) is 0. The van der Waals surface area contributed by atoms with E-state index in [1.807, 2.05) is 6.07 Å². The van der Waals surface area contributed by atoms with E-state index >= 15 is 0 Å². The van der Waals surface area contributed by atoms with Crippen LogP contribution >= 0.6 is 15.9 Å². The molecule has 0 spiro atoms. The van der Waals surface area contributed by atoms with Gasteiger partial charge in [0.05, 0.1) is 6.57 Å². The molecule has 0 atom stereocenters. The lowest BCUT2D eigenvalue weighted by atomic mass is 10.1. The number of rotatable bonds is 3. The van der Waals surface area contributed by atoms with E-state index < -0.39 is 5.82 Å². The van der Waals surface area contributed by atoms with Crippen LogP contribution in [0.3, 0.4) is 0 Å². The lowest BCUT2D eigenvalue weighted by molar-refractivity contribution is 0.104. The maximum Gasteiger partial charge on any atom is 0.222 e. The third-order valence-electron chi connectivity index (χ3n) is 2.63. The molecular weight excluding hydrogens is 321 g/mol. The van der Waals surface area contributed by atoms with Crippen molar-refractivity contribution < 1.29 is 9.18 Å². The first-order chi connectivity index (χ1) is 9.60. The van der Waals surface area contributed by atoms with E-state index in [1.54, 1.807) is 24.3 Å². The average molecular weight is 330 g/mol. The van der Waals surface area contributed by atoms with Crippen molar-refractivity contribution >= 4 is 33.5 Å². The second kappa shape index (κ2) is 6.27.